The molecule has 4 nitrogen and oxygen atoms in total. The first-order valence-electron chi connectivity index (χ1n) is 3.42. The third kappa shape index (κ3) is 1.78. The van der Waals surface area contributed by atoms with Crippen LogP contribution < -0.4 is 0 Å². The lowest BCUT2D eigenvalue weighted by Crippen LogP contribution is -2.29. The molecule has 2 atom stereocenters. The van der Waals surface area contributed by atoms with Crippen LogP contribution in [-0.4, -0.2) is 34.7 Å². The van der Waals surface area contributed by atoms with Gasteiger partial charge in [-0.3, -0.25) is 0 Å². The monoisotopic (exact) mass is 157 g/mol. The second kappa shape index (κ2) is 3.50. The van der Waals surface area contributed by atoms with Crippen molar-refractivity contribution in [3.63, 3.8) is 0 Å². The zero-order valence-corrected chi connectivity index (χ0v) is 6.10. The highest BCUT2D eigenvalue weighted by molar-refractivity contribution is 5.95. The molecular formula is C7H11NO3. The molecule has 0 aliphatic carbocycles. The second-order valence-corrected chi connectivity index (χ2v) is 2.38. The Balaban J connectivity index is 2.40. The molecule has 1 rings (SSSR count). The molecule has 0 fully saturated rings. The van der Waals surface area contributed by atoms with Crippen LogP contribution in [0, 0.1) is 0 Å². The summed E-state index contributed by atoms with van der Waals surface area (Å²) in [7, 11) is 0. The van der Waals surface area contributed by atoms with E-state index >= 15 is 0 Å². The zero-order chi connectivity index (χ0) is 8.27. The van der Waals surface area contributed by atoms with Crippen molar-refractivity contribution < 1.29 is 15.1 Å². The predicted molar refractivity (Wildman–Crippen MR) is 40.2 cm³/mol. The lowest BCUT2D eigenvalue weighted by Gasteiger charge is -2.12. The molecule has 0 amide bonds. The molecule has 0 aromatic heterocycles. The van der Waals surface area contributed by atoms with Crippen LogP contribution in [0.5, 0.6) is 0 Å². The number of nitrogens with zero attached hydrogens (tertiary/aromatic N) is 1. The Labute approximate surface area is 64.8 Å². The van der Waals surface area contributed by atoms with Crippen LogP contribution in [0.2, 0.25) is 0 Å². The van der Waals surface area contributed by atoms with E-state index in [1.165, 1.54) is 0 Å². The molecule has 11 heavy (non-hydrogen) atoms. The lowest BCUT2D eigenvalue weighted by atomic mass is 10.1. The van der Waals surface area contributed by atoms with Crippen LogP contribution in [0.3, 0.4) is 0 Å². The Morgan fingerprint density at radius 2 is 2.64 bits per heavy atom. The number of aliphatic hydroxyl groups is 2. The minimum absolute atomic E-state index is 0.301. The second-order valence-electron chi connectivity index (χ2n) is 2.38. The fraction of sp³-hybridized carbons (Fsp3) is 0.571. The van der Waals surface area contributed by atoms with Gasteiger partial charge in [0, 0.05) is 6.42 Å². The summed E-state index contributed by atoms with van der Waals surface area (Å²) in [6.45, 7) is 3.21. The summed E-state index contributed by atoms with van der Waals surface area (Å²) >= 11 is 0. The van der Waals surface area contributed by atoms with E-state index in [0.717, 1.165) is 0 Å². The third-order valence-corrected chi connectivity index (χ3v) is 1.57. The molecule has 1 aliphatic heterocycles. The van der Waals surface area contributed by atoms with E-state index < -0.39 is 12.2 Å². The SMILES string of the molecule is C=CC1=NO[C@H]([C@H](O)CO)C1. The average molecular weight is 157 g/mol. The first kappa shape index (κ1) is 8.23. The van der Waals surface area contributed by atoms with Gasteiger partial charge in [-0.15, -0.1) is 0 Å². The Morgan fingerprint density at radius 3 is 3.09 bits per heavy atom. The maximum absolute atomic E-state index is 9.09. The minimum atomic E-state index is -0.851. The van der Waals surface area contributed by atoms with Crippen LogP contribution in [0.15, 0.2) is 17.8 Å². The normalized spacial score (nSPS) is 25.6. The molecule has 0 bridgehead atoms. The molecular weight excluding hydrogens is 146 g/mol. The highest BCUT2D eigenvalue weighted by Crippen LogP contribution is 2.14. The number of hydrogen-bond acceptors (Lipinski definition) is 4. The van der Waals surface area contributed by atoms with Crippen LogP contribution in [0.25, 0.3) is 0 Å². The van der Waals surface area contributed by atoms with E-state index in [0.29, 0.717) is 12.1 Å². The molecule has 62 valence electrons. The maximum atomic E-state index is 9.09. The Hall–Kier alpha value is -0.870. The summed E-state index contributed by atoms with van der Waals surface area (Å²) in [5.41, 5.74) is 0.711. The summed E-state index contributed by atoms with van der Waals surface area (Å²) in [5, 5.41) is 21.3. The average Bonchev–Trinajstić information content (AvgIpc) is 2.50. The molecule has 1 heterocycles. The van der Waals surface area contributed by atoms with E-state index in [9.17, 15) is 0 Å². The van der Waals surface area contributed by atoms with E-state index in [-0.39, 0.29) is 6.61 Å². The van der Waals surface area contributed by atoms with Gasteiger partial charge in [-0.2, -0.15) is 0 Å². The summed E-state index contributed by atoms with van der Waals surface area (Å²) in [4.78, 5) is 4.82. The molecule has 0 spiro atoms. The van der Waals surface area contributed by atoms with E-state index in [4.69, 9.17) is 15.1 Å². The third-order valence-electron chi connectivity index (χ3n) is 1.57. The van der Waals surface area contributed by atoms with Crippen molar-refractivity contribution in [3.8, 4) is 0 Å². The fourth-order valence-corrected chi connectivity index (χ4v) is 0.861. The number of oxime groups is 1. The Bertz CT molecular complexity index is 179. The summed E-state index contributed by atoms with van der Waals surface area (Å²) < 4.78 is 0. The Morgan fingerprint density at radius 1 is 1.91 bits per heavy atom. The number of rotatable bonds is 3. The topological polar surface area (TPSA) is 62.0 Å². The molecule has 0 aromatic rings. The van der Waals surface area contributed by atoms with Gasteiger partial charge in [0.15, 0.2) is 6.10 Å². The van der Waals surface area contributed by atoms with Crippen molar-refractivity contribution >= 4 is 5.71 Å². The lowest BCUT2D eigenvalue weighted by molar-refractivity contribution is -0.0407. The van der Waals surface area contributed by atoms with Crippen molar-refractivity contribution in [3.05, 3.63) is 12.7 Å². The fourth-order valence-electron chi connectivity index (χ4n) is 0.861. The summed E-state index contributed by atoms with van der Waals surface area (Å²) in [5.74, 6) is 0. The van der Waals surface area contributed by atoms with Gasteiger partial charge in [-0.25, -0.2) is 0 Å². The highest BCUT2D eigenvalue weighted by Gasteiger charge is 2.26. The summed E-state index contributed by atoms with van der Waals surface area (Å²) in [6.07, 6.45) is 0.833. The quantitative estimate of drug-likeness (QED) is 0.589. The minimum Gasteiger partial charge on any atom is -0.394 e. The predicted octanol–water partition coefficient (Wildman–Crippen LogP) is -0.329. The molecule has 0 saturated carbocycles. The molecule has 0 aromatic carbocycles. The number of hydrogen-bond donors (Lipinski definition) is 2. The maximum Gasteiger partial charge on any atom is 0.161 e. The molecule has 4 heteroatoms. The summed E-state index contributed by atoms with van der Waals surface area (Å²) in [6, 6.07) is 0. The van der Waals surface area contributed by atoms with Crippen molar-refractivity contribution in [2.45, 2.75) is 18.6 Å². The van der Waals surface area contributed by atoms with E-state index in [1.807, 2.05) is 0 Å². The first-order chi connectivity index (χ1) is 5.27. The highest BCUT2D eigenvalue weighted by atomic mass is 16.7. The van der Waals surface area contributed by atoms with E-state index in [2.05, 4.69) is 11.7 Å². The van der Waals surface area contributed by atoms with Crippen LogP contribution in [0.1, 0.15) is 6.42 Å². The standard InChI is InChI=1S/C7H11NO3/c1-2-5-3-7(11-8-5)6(10)4-9/h2,6-7,9-10H,1,3-4H2/t6-,7+/m1/s1. The van der Waals surface area contributed by atoms with Crippen LogP contribution >= 0.6 is 0 Å². The van der Waals surface area contributed by atoms with E-state index in [1.54, 1.807) is 6.08 Å². The van der Waals surface area contributed by atoms with Crippen LogP contribution in [-0.2, 0) is 4.84 Å². The molecule has 0 radical (unpaired) electrons. The zero-order valence-electron chi connectivity index (χ0n) is 6.10. The number of aliphatic hydroxyl groups excluding tert-OH is 2. The molecule has 1 aliphatic rings. The molecule has 2 N–H and O–H groups in total. The van der Waals surface area contributed by atoms with Crippen molar-refractivity contribution in [1.82, 2.24) is 0 Å². The van der Waals surface area contributed by atoms with Gasteiger partial charge in [-0.1, -0.05) is 11.7 Å². The van der Waals surface area contributed by atoms with Gasteiger partial charge < -0.3 is 15.1 Å². The number of allylic oxidation sites excluding steroid dienone is 1. The molecule has 0 saturated heterocycles. The van der Waals surface area contributed by atoms with Gasteiger partial charge >= 0.3 is 0 Å². The van der Waals surface area contributed by atoms with Gasteiger partial charge in [-0.05, 0) is 6.08 Å². The van der Waals surface area contributed by atoms with Crippen molar-refractivity contribution in [1.29, 1.82) is 0 Å². The van der Waals surface area contributed by atoms with Crippen LogP contribution in [0.4, 0.5) is 0 Å². The van der Waals surface area contributed by atoms with Crippen molar-refractivity contribution in [2.24, 2.45) is 5.16 Å². The smallest absolute Gasteiger partial charge is 0.161 e. The Kier molecular flexibility index (Phi) is 2.62. The van der Waals surface area contributed by atoms with Gasteiger partial charge in [0.2, 0.25) is 0 Å². The van der Waals surface area contributed by atoms with Crippen molar-refractivity contribution in [2.75, 3.05) is 6.61 Å². The molecule has 0 unspecified atom stereocenters. The first-order valence-corrected chi connectivity index (χ1v) is 3.42. The largest absolute Gasteiger partial charge is 0.394 e. The van der Waals surface area contributed by atoms with Gasteiger partial charge in [0.05, 0.1) is 12.3 Å². The van der Waals surface area contributed by atoms with Gasteiger partial charge in [0.25, 0.3) is 0 Å². The van der Waals surface area contributed by atoms with Gasteiger partial charge in [0.1, 0.15) is 6.10 Å².